The molecule has 0 bridgehead atoms. The van der Waals surface area contributed by atoms with Gasteiger partial charge in [-0.05, 0) is 31.0 Å². The van der Waals surface area contributed by atoms with Gasteiger partial charge in [0.25, 0.3) is 23.6 Å². The van der Waals surface area contributed by atoms with E-state index in [9.17, 15) is 19.2 Å². The van der Waals surface area contributed by atoms with E-state index in [-0.39, 0.29) is 22.5 Å². The topological polar surface area (TPSA) is 122 Å². The first-order chi connectivity index (χ1) is 12.3. The van der Waals surface area contributed by atoms with Crippen molar-refractivity contribution in [3.63, 3.8) is 0 Å². The van der Waals surface area contributed by atoms with Crippen LogP contribution in [0.25, 0.3) is 0 Å². The van der Waals surface area contributed by atoms with Crippen LogP contribution < -0.4 is 9.80 Å². The lowest BCUT2D eigenvalue weighted by Crippen LogP contribution is -2.34. The molecule has 0 atom stereocenters. The molecule has 0 fully saturated rings. The van der Waals surface area contributed by atoms with E-state index in [0.717, 1.165) is 22.0 Å². The molecule has 0 radical (unpaired) electrons. The second kappa shape index (κ2) is 5.80. The highest BCUT2D eigenvalue weighted by atomic mass is 16.2. The molecule has 26 heavy (non-hydrogen) atoms. The van der Waals surface area contributed by atoms with Gasteiger partial charge in [-0.3, -0.25) is 19.2 Å². The Kier molecular flexibility index (Phi) is 3.75. The number of anilines is 2. The molecule has 8 heteroatoms. The third-order valence-corrected chi connectivity index (χ3v) is 4.15. The van der Waals surface area contributed by atoms with Gasteiger partial charge in [-0.2, -0.15) is 10.5 Å². The van der Waals surface area contributed by atoms with E-state index in [1.54, 1.807) is 32.1 Å². The summed E-state index contributed by atoms with van der Waals surface area (Å²) in [7, 11) is 0. The van der Waals surface area contributed by atoms with Gasteiger partial charge in [0.15, 0.2) is 0 Å². The van der Waals surface area contributed by atoms with Gasteiger partial charge in [0.05, 0.1) is 11.4 Å². The molecule has 0 saturated carbocycles. The molecule has 4 amide bonds. The molecule has 8 nitrogen and oxygen atoms in total. The Morgan fingerprint density at radius 1 is 0.808 bits per heavy atom. The molecule has 2 heterocycles. The number of nitriles is 2. The van der Waals surface area contributed by atoms with Gasteiger partial charge >= 0.3 is 0 Å². The van der Waals surface area contributed by atoms with Crippen LogP contribution in [0.4, 0.5) is 11.4 Å². The van der Waals surface area contributed by atoms with Gasteiger partial charge in [-0.25, -0.2) is 9.80 Å². The van der Waals surface area contributed by atoms with Gasteiger partial charge in [0.1, 0.15) is 23.3 Å². The first-order valence-electron chi connectivity index (χ1n) is 7.42. The zero-order valence-electron chi connectivity index (χ0n) is 13.7. The Bertz CT molecular complexity index is 1070. The Balaban J connectivity index is 2.14. The van der Waals surface area contributed by atoms with Crippen LogP contribution in [-0.4, -0.2) is 23.6 Å². The average molecular weight is 346 g/mol. The second-order valence-electron chi connectivity index (χ2n) is 5.67. The molecule has 0 saturated heterocycles. The number of hydrogen-bond donors (Lipinski definition) is 0. The summed E-state index contributed by atoms with van der Waals surface area (Å²) in [5.74, 6) is -2.90. The van der Waals surface area contributed by atoms with Crippen molar-refractivity contribution in [3.8, 4) is 12.1 Å². The monoisotopic (exact) mass is 346 g/mol. The van der Waals surface area contributed by atoms with E-state index in [1.807, 2.05) is 0 Å². The molecule has 126 valence electrons. The summed E-state index contributed by atoms with van der Waals surface area (Å²) < 4.78 is 0. The predicted molar refractivity (Wildman–Crippen MR) is 88.3 cm³/mol. The summed E-state index contributed by atoms with van der Waals surface area (Å²) in [4.78, 5) is 50.6. The van der Waals surface area contributed by atoms with Crippen LogP contribution in [0.2, 0.25) is 0 Å². The van der Waals surface area contributed by atoms with Crippen molar-refractivity contribution in [1.29, 1.82) is 10.5 Å². The molecule has 3 rings (SSSR count). The maximum atomic E-state index is 12.3. The number of benzene rings is 1. The van der Waals surface area contributed by atoms with Gasteiger partial charge in [-0.1, -0.05) is 6.07 Å². The number of nitrogens with zero attached hydrogens (tertiary/aromatic N) is 4. The van der Waals surface area contributed by atoms with Gasteiger partial charge < -0.3 is 0 Å². The summed E-state index contributed by atoms with van der Waals surface area (Å²) in [6, 6.07) is 6.37. The third kappa shape index (κ3) is 2.21. The van der Waals surface area contributed by atoms with Crippen molar-refractivity contribution in [2.75, 3.05) is 9.80 Å². The SMILES string of the molecule is Cc1ccc(N2C(=O)C=C(C#N)C2=O)c(C)c1N1C(=O)C=C(C#N)C1=O. The minimum absolute atomic E-state index is 0.160. The van der Waals surface area contributed by atoms with Crippen LogP contribution in [-0.2, 0) is 19.2 Å². The van der Waals surface area contributed by atoms with Crippen molar-refractivity contribution >= 4 is 35.0 Å². The molecule has 1 aromatic rings. The fraction of sp³-hybridized carbons (Fsp3) is 0.111. The lowest BCUT2D eigenvalue weighted by Gasteiger charge is -2.24. The van der Waals surface area contributed by atoms with Gasteiger partial charge in [0, 0.05) is 12.2 Å². The van der Waals surface area contributed by atoms with Crippen LogP contribution >= 0.6 is 0 Å². The quantitative estimate of drug-likeness (QED) is 0.735. The standard InChI is InChI=1S/C18H10N4O4/c1-9-3-4-13(21-14(23)5-11(7-19)17(21)25)10(2)16(9)22-15(24)6-12(8-20)18(22)26/h3-6H,1-2H3. The van der Waals surface area contributed by atoms with Crippen molar-refractivity contribution in [2.45, 2.75) is 13.8 Å². The van der Waals surface area contributed by atoms with Crippen LogP contribution in [0.1, 0.15) is 11.1 Å². The molecule has 2 aliphatic heterocycles. The Morgan fingerprint density at radius 2 is 1.31 bits per heavy atom. The maximum absolute atomic E-state index is 12.3. The number of carbonyl (C=O) groups excluding carboxylic acids is 4. The van der Waals surface area contributed by atoms with Crippen molar-refractivity contribution in [3.05, 3.63) is 46.6 Å². The number of imide groups is 2. The fourth-order valence-electron chi connectivity index (χ4n) is 2.95. The summed E-state index contributed by atoms with van der Waals surface area (Å²) in [6.07, 6.45) is 1.87. The minimum Gasteiger partial charge on any atom is -0.269 e. The minimum atomic E-state index is -0.773. The smallest absolute Gasteiger partial charge is 0.269 e. The van der Waals surface area contributed by atoms with Gasteiger partial charge in [-0.15, -0.1) is 0 Å². The average Bonchev–Trinajstić information content (AvgIpc) is 3.05. The fourth-order valence-corrected chi connectivity index (χ4v) is 2.95. The highest BCUT2D eigenvalue weighted by Gasteiger charge is 2.38. The highest BCUT2D eigenvalue weighted by molar-refractivity contribution is 6.34. The maximum Gasteiger partial charge on any atom is 0.276 e. The van der Waals surface area contributed by atoms with E-state index in [0.29, 0.717) is 11.1 Å². The van der Waals surface area contributed by atoms with E-state index in [4.69, 9.17) is 10.5 Å². The van der Waals surface area contributed by atoms with E-state index < -0.39 is 23.6 Å². The Morgan fingerprint density at radius 3 is 1.81 bits per heavy atom. The number of carbonyl (C=O) groups is 4. The first-order valence-corrected chi connectivity index (χ1v) is 7.42. The van der Waals surface area contributed by atoms with Crippen LogP contribution in [0.15, 0.2) is 35.4 Å². The normalized spacial score (nSPS) is 16.6. The van der Waals surface area contributed by atoms with E-state index in [1.165, 1.54) is 6.07 Å². The van der Waals surface area contributed by atoms with Crippen molar-refractivity contribution in [1.82, 2.24) is 0 Å². The van der Waals surface area contributed by atoms with Crippen LogP contribution in [0.3, 0.4) is 0 Å². The molecule has 1 aromatic carbocycles. The highest BCUT2D eigenvalue weighted by Crippen LogP contribution is 2.36. The number of amides is 4. The van der Waals surface area contributed by atoms with Crippen molar-refractivity contribution in [2.24, 2.45) is 0 Å². The molecular formula is C18H10N4O4. The summed E-state index contributed by atoms with van der Waals surface area (Å²) >= 11 is 0. The summed E-state index contributed by atoms with van der Waals surface area (Å²) in [5.41, 5.74) is 0.652. The lowest BCUT2D eigenvalue weighted by atomic mass is 10.0. The van der Waals surface area contributed by atoms with Crippen LogP contribution in [0.5, 0.6) is 0 Å². The zero-order valence-corrected chi connectivity index (χ0v) is 13.7. The second-order valence-corrected chi connectivity index (χ2v) is 5.67. The Hall–Kier alpha value is -4.04. The summed E-state index contributed by atoms with van der Waals surface area (Å²) in [6.45, 7) is 3.21. The zero-order chi connectivity index (χ0) is 19.2. The third-order valence-electron chi connectivity index (χ3n) is 4.15. The largest absolute Gasteiger partial charge is 0.276 e. The number of rotatable bonds is 2. The molecule has 0 aromatic heterocycles. The molecule has 0 N–H and O–H groups in total. The first kappa shape index (κ1) is 16.8. The molecular weight excluding hydrogens is 336 g/mol. The number of hydrogen-bond acceptors (Lipinski definition) is 6. The molecule has 0 spiro atoms. The lowest BCUT2D eigenvalue weighted by molar-refractivity contribution is -0.121. The molecule has 0 unspecified atom stereocenters. The molecule has 0 aliphatic carbocycles. The van der Waals surface area contributed by atoms with Crippen LogP contribution in [0, 0.1) is 36.5 Å². The molecule has 2 aliphatic rings. The summed E-state index contributed by atoms with van der Waals surface area (Å²) in [5, 5.41) is 17.9. The van der Waals surface area contributed by atoms with Crippen molar-refractivity contribution < 1.29 is 19.2 Å². The number of aryl methyl sites for hydroxylation is 1. The van der Waals surface area contributed by atoms with E-state index >= 15 is 0 Å². The predicted octanol–water partition coefficient (Wildman–Crippen LogP) is 0.950. The van der Waals surface area contributed by atoms with Gasteiger partial charge in [0.2, 0.25) is 0 Å². The van der Waals surface area contributed by atoms with E-state index in [2.05, 4.69) is 0 Å². The Labute approximate surface area is 147 Å².